The van der Waals surface area contributed by atoms with E-state index in [0.717, 1.165) is 6.29 Å². The van der Waals surface area contributed by atoms with Crippen molar-refractivity contribution in [2.24, 2.45) is 0 Å². The van der Waals surface area contributed by atoms with Crippen LogP contribution in [0.3, 0.4) is 0 Å². The molecule has 0 aromatic carbocycles. The van der Waals surface area contributed by atoms with Crippen LogP contribution in [0.25, 0.3) is 0 Å². The molecule has 0 spiro atoms. The lowest BCUT2D eigenvalue weighted by Gasteiger charge is -2.07. The largest absolute Gasteiger partial charge is 0.301 e. The molecule has 0 aromatic heterocycles. The van der Waals surface area contributed by atoms with Gasteiger partial charge in [0.25, 0.3) is 0 Å². The van der Waals surface area contributed by atoms with Gasteiger partial charge >= 0.3 is 0 Å². The lowest BCUT2D eigenvalue weighted by molar-refractivity contribution is -0.107. The van der Waals surface area contributed by atoms with E-state index in [1.165, 1.54) is 0 Å². The molecule has 0 radical (unpaired) electrons. The quantitative estimate of drug-likeness (QED) is 0.564. The van der Waals surface area contributed by atoms with Crippen molar-refractivity contribution in [1.82, 2.24) is 0 Å². The van der Waals surface area contributed by atoms with E-state index in [9.17, 15) is 4.79 Å². The lowest BCUT2D eigenvalue weighted by Crippen LogP contribution is -2.12. The van der Waals surface area contributed by atoms with E-state index in [1.807, 2.05) is 0 Å². The number of alkyl halides is 3. The highest BCUT2D eigenvalue weighted by molar-refractivity contribution is 9.25. The Bertz CT molecular complexity index is 84.1. The van der Waals surface area contributed by atoms with Crippen LogP contribution in [-0.2, 0) is 4.79 Å². The maximum Gasteiger partial charge on any atom is 0.147 e. The Hall–Kier alpha value is 0.920. The van der Waals surface area contributed by atoms with Gasteiger partial charge in [0.15, 0.2) is 0 Å². The van der Waals surface area contributed by atoms with E-state index in [0.29, 0.717) is 12.3 Å². The van der Waals surface area contributed by atoms with E-state index in [1.54, 1.807) is 0 Å². The third-order valence-corrected chi connectivity index (χ3v) is 1.96. The normalized spacial score (nSPS) is 11.4. The molecule has 0 atom stereocenters. The van der Waals surface area contributed by atoms with E-state index in [-0.39, 0.29) is 0 Å². The van der Waals surface area contributed by atoms with Gasteiger partial charge in [0.05, 0.1) is 0 Å². The smallest absolute Gasteiger partial charge is 0.147 e. The number of aldehydes is 1. The van der Waals surface area contributed by atoms with Crippen LogP contribution in [0.2, 0.25) is 0 Å². The van der Waals surface area contributed by atoms with Crippen LogP contribution in [0.15, 0.2) is 0 Å². The number of carbonyl (C=O) groups excluding carboxylic acids is 1. The van der Waals surface area contributed by atoms with Crippen molar-refractivity contribution in [3.63, 3.8) is 0 Å². The van der Waals surface area contributed by atoms with Crippen LogP contribution < -0.4 is 0 Å². The highest BCUT2D eigenvalue weighted by Crippen LogP contribution is 2.27. The molecule has 0 amide bonds. The summed E-state index contributed by atoms with van der Waals surface area (Å²) in [5.74, 6) is 0.468. The fraction of sp³-hybridized carbons (Fsp3) is 0.750. The van der Waals surface area contributed by atoms with Gasteiger partial charge in [0.2, 0.25) is 0 Å². The molecule has 0 aromatic rings. The van der Waals surface area contributed by atoms with Gasteiger partial charge in [-0.3, -0.25) is 0 Å². The van der Waals surface area contributed by atoms with Gasteiger partial charge in [0, 0.05) is 5.88 Å². The van der Waals surface area contributed by atoms with Crippen LogP contribution in [0.1, 0.15) is 6.42 Å². The molecule has 0 N–H and O–H groups in total. The molecule has 0 bridgehead atoms. The van der Waals surface area contributed by atoms with Crippen molar-refractivity contribution in [2.45, 2.75) is 9.65 Å². The zero-order chi connectivity index (χ0) is 6.62. The second-order valence-electron chi connectivity index (χ2n) is 1.32. The first-order chi connectivity index (χ1) is 3.62. The Morgan fingerprint density at radius 3 is 2.25 bits per heavy atom. The molecule has 0 fully saturated rings. The molecule has 0 unspecified atom stereocenters. The van der Waals surface area contributed by atoms with E-state index in [4.69, 9.17) is 11.6 Å². The zero-order valence-corrected chi connectivity index (χ0v) is 7.96. The Labute approximate surface area is 70.0 Å². The monoisotopic (exact) mass is 262 g/mol. The van der Waals surface area contributed by atoms with Gasteiger partial charge in [-0.05, 0) is 6.42 Å². The molecule has 1 nitrogen and oxygen atoms in total. The van der Waals surface area contributed by atoms with Gasteiger partial charge in [-0.25, -0.2) is 0 Å². The Kier molecular flexibility index (Phi) is 4.30. The molecule has 0 aliphatic carbocycles. The Morgan fingerprint density at radius 2 is 2.12 bits per heavy atom. The second kappa shape index (κ2) is 3.85. The summed E-state index contributed by atoms with van der Waals surface area (Å²) in [6.07, 6.45) is 1.37. The fourth-order valence-electron chi connectivity index (χ4n) is 0.185. The number of hydrogen-bond donors (Lipinski definition) is 0. The van der Waals surface area contributed by atoms with Crippen LogP contribution in [0, 0.1) is 0 Å². The molecule has 4 heteroatoms. The van der Waals surface area contributed by atoms with Gasteiger partial charge in [-0.15, -0.1) is 11.6 Å². The summed E-state index contributed by atoms with van der Waals surface area (Å²) in [6.45, 7) is 0. The van der Waals surface area contributed by atoms with Gasteiger partial charge in [0.1, 0.15) is 9.52 Å². The average molecular weight is 264 g/mol. The molecule has 0 rings (SSSR count). The minimum atomic E-state index is -0.595. The summed E-state index contributed by atoms with van der Waals surface area (Å²) in [5.41, 5.74) is 0. The first kappa shape index (κ1) is 8.92. The van der Waals surface area contributed by atoms with Crippen LogP contribution in [0.5, 0.6) is 0 Å². The van der Waals surface area contributed by atoms with Crippen molar-refractivity contribution in [3.8, 4) is 0 Å². The standard InChI is InChI=1S/C4H5Br2ClO/c5-4(6,3-8)1-2-7/h3H,1-2H2. The average Bonchev–Trinajstić information content (AvgIpc) is 1.67. The van der Waals surface area contributed by atoms with Crippen LogP contribution >= 0.6 is 43.5 Å². The fourth-order valence-corrected chi connectivity index (χ4v) is 1.34. The molecule has 0 saturated heterocycles. The molecule has 8 heavy (non-hydrogen) atoms. The summed E-state index contributed by atoms with van der Waals surface area (Å²) in [6, 6.07) is 0. The van der Waals surface area contributed by atoms with Crippen molar-refractivity contribution < 1.29 is 4.79 Å². The van der Waals surface area contributed by atoms with E-state index < -0.39 is 3.23 Å². The highest BCUT2D eigenvalue weighted by atomic mass is 79.9. The molecule has 0 saturated carbocycles. The highest BCUT2D eigenvalue weighted by Gasteiger charge is 2.19. The number of hydrogen-bond acceptors (Lipinski definition) is 1. The third-order valence-electron chi connectivity index (χ3n) is 0.600. The molecule has 0 aliphatic heterocycles. The summed E-state index contributed by atoms with van der Waals surface area (Å²) < 4.78 is -0.595. The lowest BCUT2D eigenvalue weighted by atomic mass is 10.4. The van der Waals surface area contributed by atoms with Crippen molar-refractivity contribution in [3.05, 3.63) is 0 Å². The van der Waals surface area contributed by atoms with Gasteiger partial charge < -0.3 is 4.79 Å². The topological polar surface area (TPSA) is 17.1 Å². The van der Waals surface area contributed by atoms with Crippen LogP contribution in [-0.4, -0.2) is 15.4 Å². The molecular weight excluding hydrogens is 259 g/mol. The number of carbonyl (C=O) groups is 1. The summed E-state index contributed by atoms with van der Waals surface area (Å²) in [7, 11) is 0. The number of halogens is 3. The predicted octanol–water partition coefficient (Wildman–Crippen LogP) is 2.30. The maximum atomic E-state index is 10.1. The van der Waals surface area contributed by atoms with Crippen LogP contribution in [0.4, 0.5) is 0 Å². The van der Waals surface area contributed by atoms with E-state index >= 15 is 0 Å². The SMILES string of the molecule is O=CC(Br)(Br)CCCl. The van der Waals surface area contributed by atoms with Crippen molar-refractivity contribution in [2.75, 3.05) is 5.88 Å². The minimum Gasteiger partial charge on any atom is -0.301 e. The van der Waals surface area contributed by atoms with Gasteiger partial charge in [-0.1, -0.05) is 31.9 Å². The van der Waals surface area contributed by atoms with Crippen molar-refractivity contribution >= 4 is 49.7 Å². The molecular formula is C4H5Br2ClO. The minimum absolute atomic E-state index is 0.468. The summed E-state index contributed by atoms with van der Waals surface area (Å²) in [5, 5.41) is 0. The maximum absolute atomic E-state index is 10.1. The summed E-state index contributed by atoms with van der Waals surface area (Å²) in [4.78, 5) is 10.1. The Balaban J connectivity index is 3.53. The molecule has 0 aliphatic rings. The van der Waals surface area contributed by atoms with E-state index in [2.05, 4.69) is 31.9 Å². The Morgan fingerprint density at radius 1 is 1.62 bits per heavy atom. The third kappa shape index (κ3) is 3.87. The first-order valence-electron chi connectivity index (χ1n) is 2.02. The molecule has 0 heterocycles. The van der Waals surface area contributed by atoms with Gasteiger partial charge in [-0.2, -0.15) is 0 Å². The first-order valence-corrected chi connectivity index (χ1v) is 4.14. The summed E-state index contributed by atoms with van der Waals surface area (Å²) >= 11 is 11.6. The molecule has 48 valence electrons. The predicted molar refractivity (Wildman–Crippen MR) is 42.0 cm³/mol. The van der Waals surface area contributed by atoms with Crippen molar-refractivity contribution in [1.29, 1.82) is 0 Å². The second-order valence-corrected chi connectivity index (χ2v) is 5.59. The zero-order valence-electron chi connectivity index (χ0n) is 4.03. The number of rotatable bonds is 3.